The summed E-state index contributed by atoms with van der Waals surface area (Å²) in [5.41, 5.74) is 2.68. The molecule has 0 radical (unpaired) electrons. The maximum Gasteiger partial charge on any atom is 0.182 e. The topological polar surface area (TPSA) is 73.6 Å². The minimum absolute atomic E-state index is 0. The van der Waals surface area contributed by atoms with E-state index in [-0.39, 0.29) is 51.8 Å². The second-order valence-corrected chi connectivity index (χ2v) is 12.3. The monoisotopic (exact) mass is 572 g/mol. The summed E-state index contributed by atoms with van der Waals surface area (Å²) in [5.74, 6) is 2.05. The van der Waals surface area contributed by atoms with E-state index in [4.69, 9.17) is 10.1 Å². The summed E-state index contributed by atoms with van der Waals surface area (Å²) < 4.78 is 5.56. The van der Waals surface area contributed by atoms with Crippen molar-refractivity contribution in [2.45, 2.75) is 78.6 Å². The summed E-state index contributed by atoms with van der Waals surface area (Å²) >= 11 is 0. The van der Waals surface area contributed by atoms with Gasteiger partial charge in [-0.2, -0.15) is 0 Å². The van der Waals surface area contributed by atoms with E-state index in [1.54, 1.807) is 7.11 Å². The van der Waals surface area contributed by atoms with Crippen molar-refractivity contribution in [2.75, 3.05) is 20.2 Å². The Morgan fingerprint density at radius 3 is 2.16 bits per heavy atom. The number of nitrogens with one attached hydrogen (secondary N) is 1. The second kappa shape index (κ2) is 12.0. The molecule has 2 aromatic rings. The molecule has 1 aliphatic rings. The third-order valence-corrected chi connectivity index (χ3v) is 7.39. The molecule has 1 fully saturated rings. The SMILES string of the molecule is Br.CCC[C@H]1CN(CC(=O)c2cc(C(C)(C)C)c(O)c(C(C)(C)C)c2)C(=N)[C@@H]1Cc1ccccc1OC. The quantitative estimate of drug-likeness (QED) is 0.325. The third-order valence-electron chi connectivity index (χ3n) is 7.39. The van der Waals surface area contributed by atoms with Crippen LogP contribution in [-0.4, -0.2) is 41.8 Å². The largest absolute Gasteiger partial charge is 0.507 e. The van der Waals surface area contributed by atoms with E-state index >= 15 is 0 Å². The number of rotatable bonds is 8. The van der Waals surface area contributed by atoms with Crippen LogP contribution in [0.25, 0.3) is 0 Å². The van der Waals surface area contributed by atoms with Crippen LogP contribution in [0.3, 0.4) is 0 Å². The highest BCUT2D eigenvalue weighted by molar-refractivity contribution is 8.93. The van der Waals surface area contributed by atoms with Crippen molar-refractivity contribution in [3.8, 4) is 11.5 Å². The van der Waals surface area contributed by atoms with E-state index in [0.29, 0.717) is 23.9 Å². The number of Topliss-reactive ketones (excluding diaryl/α,β-unsaturated/α-hetero) is 1. The van der Waals surface area contributed by atoms with Gasteiger partial charge in [-0.25, -0.2) is 0 Å². The van der Waals surface area contributed by atoms with Gasteiger partial charge in [0.05, 0.1) is 13.7 Å². The molecule has 6 heteroatoms. The van der Waals surface area contributed by atoms with Gasteiger partial charge in [-0.3, -0.25) is 10.2 Å². The Balaban J connectivity index is 0.00000481. The fourth-order valence-corrected chi connectivity index (χ4v) is 5.35. The van der Waals surface area contributed by atoms with Crippen molar-refractivity contribution < 1.29 is 14.6 Å². The van der Waals surface area contributed by atoms with Gasteiger partial charge in [-0.05, 0) is 53.4 Å². The molecule has 1 saturated heterocycles. The molecule has 0 spiro atoms. The van der Waals surface area contributed by atoms with Gasteiger partial charge in [0.25, 0.3) is 0 Å². The Morgan fingerprint density at radius 2 is 1.65 bits per heavy atom. The molecule has 0 aliphatic carbocycles. The highest BCUT2D eigenvalue weighted by Gasteiger charge is 2.38. The second-order valence-electron chi connectivity index (χ2n) is 12.3. The van der Waals surface area contributed by atoms with E-state index in [9.17, 15) is 9.90 Å². The Hall–Kier alpha value is -2.34. The fourth-order valence-electron chi connectivity index (χ4n) is 5.35. The molecule has 0 amide bonds. The lowest BCUT2D eigenvalue weighted by Gasteiger charge is -2.28. The van der Waals surface area contributed by atoms with Gasteiger partial charge in [0.1, 0.15) is 17.3 Å². The van der Waals surface area contributed by atoms with Gasteiger partial charge >= 0.3 is 0 Å². The molecule has 2 atom stereocenters. The zero-order chi connectivity index (χ0) is 26.8. The van der Waals surface area contributed by atoms with Crippen molar-refractivity contribution >= 4 is 28.6 Å². The lowest BCUT2D eigenvalue weighted by Crippen LogP contribution is -2.33. The number of para-hydroxylation sites is 1. The van der Waals surface area contributed by atoms with E-state index < -0.39 is 0 Å². The van der Waals surface area contributed by atoms with Crippen LogP contribution in [0.1, 0.15) is 88.4 Å². The van der Waals surface area contributed by atoms with Crippen LogP contribution in [0.2, 0.25) is 0 Å². The molecule has 0 saturated carbocycles. The lowest BCUT2D eigenvalue weighted by molar-refractivity contribution is 0.0963. The van der Waals surface area contributed by atoms with Crippen molar-refractivity contribution in [1.29, 1.82) is 5.41 Å². The molecule has 0 unspecified atom stereocenters. The number of nitrogens with zero attached hydrogens (tertiary/aromatic N) is 1. The molecule has 2 aromatic carbocycles. The highest BCUT2D eigenvalue weighted by Crippen LogP contribution is 2.40. The minimum Gasteiger partial charge on any atom is -0.507 e. The van der Waals surface area contributed by atoms with Gasteiger partial charge < -0.3 is 14.7 Å². The average Bonchev–Trinajstić information content (AvgIpc) is 3.07. The molecule has 1 aliphatic heterocycles. The summed E-state index contributed by atoms with van der Waals surface area (Å²) in [6.45, 7) is 15.4. The van der Waals surface area contributed by atoms with Crippen molar-refractivity contribution in [3.63, 3.8) is 0 Å². The minimum atomic E-state index is -0.299. The van der Waals surface area contributed by atoms with Gasteiger partial charge in [0.15, 0.2) is 5.78 Å². The van der Waals surface area contributed by atoms with Gasteiger partial charge in [0.2, 0.25) is 0 Å². The van der Waals surface area contributed by atoms with Gasteiger partial charge in [-0.1, -0.05) is 73.1 Å². The summed E-state index contributed by atoms with van der Waals surface area (Å²) in [6.07, 6.45) is 2.80. The number of benzene rings is 2. The first kappa shape index (κ1) is 30.9. The van der Waals surface area contributed by atoms with Crippen LogP contribution in [-0.2, 0) is 17.3 Å². The number of hydrogen-bond donors (Lipinski definition) is 2. The first-order chi connectivity index (χ1) is 16.8. The standard InChI is InChI=1S/C31H44N2O3.BrH/c1-9-12-21-18-33(29(32)23(21)15-20-13-10-11-14-27(20)36-8)19-26(34)22-16-24(30(2,3)4)28(35)25(17-22)31(5,6)7;/h10-11,13-14,16-17,21,23,32,35H,9,12,15,18-19H2,1-8H3;1H/t21-,23+;/m0./s1. The molecule has 1 heterocycles. The molecular formula is C31H45BrN2O3. The Bertz CT molecular complexity index is 1080. The van der Waals surface area contributed by atoms with Crippen molar-refractivity contribution in [3.05, 3.63) is 58.7 Å². The number of ketones is 1. The number of aromatic hydroxyl groups is 1. The predicted molar refractivity (Wildman–Crippen MR) is 158 cm³/mol. The number of halogens is 1. The summed E-state index contributed by atoms with van der Waals surface area (Å²) in [4.78, 5) is 15.6. The van der Waals surface area contributed by atoms with Gasteiger partial charge in [-0.15, -0.1) is 17.0 Å². The van der Waals surface area contributed by atoms with E-state index in [0.717, 1.165) is 41.7 Å². The smallest absolute Gasteiger partial charge is 0.182 e. The summed E-state index contributed by atoms with van der Waals surface area (Å²) in [6, 6.07) is 11.7. The van der Waals surface area contributed by atoms with Crippen LogP contribution in [0.5, 0.6) is 11.5 Å². The average molecular weight is 574 g/mol. The normalized spacial score (nSPS) is 18.1. The number of carbonyl (C=O) groups excluding carboxylic acids is 1. The highest BCUT2D eigenvalue weighted by atomic mass is 79.9. The number of likely N-dealkylation sites (tertiary alicyclic amines) is 1. The molecule has 0 bridgehead atoms. The van der Waals surface area contributed by atoms with E-state index in [2.05, 4.69) is 54.5 Å². The van der Waals surface area contributed by atoms with Crippen LogP contribution in [0, 0.1) is 17.2 Å². The Labute approximate surface area is 233 Å². The predicted octanol–water partition coefficient (Wildman–Crippen LogP) is 7.32. The Morgan fingerprint density at radius 1 is 1.08 bits per heavy atom. The third kappa shape index (κ3) is 6.95. The maximum atomic E-state index is 13.6. The summed E-state index contributed by atoms with van der Waals surface area (Å²) in [7, 11) is 1.68. The number of carbonyl (C=O) groups is 1. The van der Waals surface area contributed by atoms with Crippen LogP contribution in [0.4, 0.5) is 0 Å². The molecule has 0 aromatic heterocycles. The van der Waals surface area contributed by atoms with Crippen LogP contribution >= 0.6 is 17.0 Å². The summed E-state index contributed by atoms with van der Waals surface area (Å²) in [5, 5.41) is 20.1. The molecule has 3 rings (SSSR count). The first-order valence-corrected chi connectivity index (χ1v) is 13.1. The lowest BCUT2D eigenvalue weighted by atomic mass is 9.78. The Kier molecular flexibility index (Phi) is 10.0. The van der Waals surface area contributed by atoms with E-state index in [1.165, 1.54) is 0 Å². The molecular weight excluding hydrogens is 528 g/mol. The number of methoxy groups -OCH3 is 1. The number of ether oxygens (including phenoxy) is 1. The zero-order valence-electron chi connectivity index (χ0n) is 23.8. The molecule has 204 valence electrons. The zero-order valence-corrected chi connectivity index (χ0v) is 25.5. The number of phenolic OH excluding ortho intramolecular Hbond substituents is 1. The molecule has 5 nitrogen and oxygen atoms in total. The number of amidine groups is 1. The van der Waals surface area contributed by atoms with Crippen LogP contribution in [0.15, 0.2) is 36.4 Å². The fraction of sp³-hybridized carbons (Fsp3) is 0.548. The number of phenols is 1. The first-order valence-electron chi connectivity index (χ1n) is 13.1. The van der Waals surface area contributed by atoms with E-state index in [1.807, 2.05) is 35.2 Å². The van der Waals surface area contributed by atoms with Crippen LogP contribution < -0.4 is 4.74 Å². The van der Waals surface area contributed by atoms with Gasteiger partial charge in [0, 0.05) is 29.2 Å². The molecule has 37 heavy (non-hydrogen) atoms. The number of hydrogen-bond acceptors (Lipinski definition) is 4. The maximum absolute atomic E-state index is 13.6. The van der Waals surface area contributed by atoms with Crippen molar-refractivity contribution in [2.24, 2.45) is 11.8 Å². The molecule has 2 N–H and O–H groups in total. The van der Waals surface area contributed by atoms with Crippen molar-refractivity contribution in [1.82, 2.24) is 4.90 Å².